The van der Waals surface area contributed by atoms with Gasteiger partial charge in [0.1, 0.15) is 5.82 Å². The van der Waals surface area contributed by atoms with Gasteiger partial charge in [0.15, 0.2) is 5.78 Å². The van der Waals surface area contributed by atoms with Crippen molar-refractivity contribution in [2.75, 3.05) is 13.7 Å². The molecule has 5 nitrogen and oxygen atoms in total. The van der Waals surface area contributed by atoms with E-state index in [4.69, 9.17) is 4.74 Å². The van der Waals surface area contributed by atoms with E-state index in [1.807, 2.05) is 20.2 Å². The average molecular weight is 497 g/mol. The van der Waals surface area contributed by atoms with E-state index in [0.717, 1.165) is 56.9 Å². The van der Waals surface area contributed by atoms with Gasteiger partial charge in [0.05, 0.1) is 24.3 Å². The molecule has 4 aliphatic carbocycles. The fourth-order valence-corrected chi connectivity index (χ4v) is 9.70. The summed E-state index contributed by atoms with van der Waals surface area (Å²) in [7, 11) is 1.84. The van der Waals surface area contributed by atoms with E-state index in [-0.39, 0.29) is 34.9 Å². The number of carbonyl (C=O) groups is 1. The van der Waals surface area contributed by atoms with Crippen LogP contribution in [0.5, 0.6) is 0 Å². The summed E-state index contributed by atoms with van der Waals surface area (Å²) < 4.78 is 21.2. The van der Waals surface area contributed by atoms with Gasteiger partial charge in [-0.3, -0.25) is 9.48 Å². The Hall–Kier alpha value is -1.79. The van der Waals surface area contributed by atoms with Crippen molar-refractivity contribution in [2.24, 2.45) is 40.4 Å². The lowest BCUT2D eigenvalue weighted by Crippen LogP contribution is -2.58. The summed E-state index contributed by atoms with van der Waals surface area (Å²) in [6.45, 7) is 5.47. The molecule has 36 heavy (non-hydrogen) atoms. The number of hydrogen-bond acceptors (Lipinski definition) is 4. The molecule has 4 saturated carbocycles. The van der Waals surface area contributed by atoms with E-state index in [1.54, 1.807) is 10.7 Å². The molecule has 1 aromatic carbocycles. The Morgan fingerprint density at radius 1 is 1.14 bits per heavy atom. The van der Waals surface area contributed by atoms with Gasteiger partial charge in [-0.05, 0) is 111 Å². The third kappa shape index (κ3) is 3.77. The van der Waals surface area contributed by atoms with Crippen LogP contribution in [-0.4, -0.2) is 40.0 Å². The number of aliphatic hydroxyl groups is 1. The Balaban J connectivity index is 1.22. The quantitative estimate of drug-likeness (QED) is 0.570. The lowest BCUT2D eigenvalue weighted by atomic mass is 9.43. The maximum absolute atomic E-state index is 13.7. The number of fused-ring (bicyclic) bond motifs is 6. The molecule has 1 aromatic heterocycles. The van der Waals surface area contributed by atoms with E-state index in [2.05, 4.69) is 12.0 Å². The molecule has 6 heteroatoms. The monoisotopic (exact) mass is 496 g/mol. The highest BCUT2D eigenvalue weighted by molar-refractivity contribution is 5.83. The van der Waals surface area contributed by atoms with Crippen LogP contribution < -0.4 is 0 Å². The molecule has 0 amide bonds. The van der Waals surface area contributed by atoms with Crippen LogP contribution in [0.2, 0.25) is 0 Å². The average Bonchev–Trinajstić information content (AvgIpc) is 3.38. The number of ketones is 1. The SMILES string of the molecule is COC[C@]12CC[C@@](C)(O)C[C@@H]1CC[C@H]1[C@@H]3CC[C@H](C(=O)Cn4cc5ccc(F)cc5n4)[C@@]3(C)CC[C@@H]12. The summed E-state index contributed by atoms with van der Waals surface area (Å²) in [5.74, 6) is 2.43. The molecular weight excluding hydrogens is 455 g/mol. The molecule has 6 rings (SSSR count). The van der Waals surface area contributed by atoms with E-state index < -0.39 is 5.60 Å². The maximum atomic E-state index is 13.7. The van der Waals surface area contributed by atoms with Crippen molar-refractivity contribution in [2.45, 2.75) is 83.8 Å². The van der Waals surface area contributed by atoms with Crippen molar-refractivity contribution in [3.05, 3.63) is 30.2 Å². The van der Waals surface area contributed by atoms with E-state index in [0.29, 0.717) is 29.2 Å². The molecule has 0 unspecified atom stereocenters. The molecule has 0 bridgehead atoms. The molecule has 196 valence electrons. The van der Waals surface area contributed by atoms with Gasteiger partial charge in [0, 0.05) is 30.7 Å². The molecule has 0 radical (unpaired) electrons. The lowest BCUT2D eigenvalue weighted by Gasteiger charge is -2.62. The number of nitrogens with zero attached hydrogens (tertiary/aromatic N) is 2. The van der Waals surface area contributed by atoms with Crippen LogP contribution in [0.15, 0.2) is 24.4 Å². The highest BCUT2D eigenvalue weighted by atomic mass is 19.1. The second-order valence-electron chi connectivity index (χ2n) is 13.2. The molecule has 8 atom stereocenters. The summed E-state index contributed by atoms with van der Waals surface area (Å²) in [5, 5.41) is 16.2. The van der Waals surface area contributed by atoms with Gasteiger partial charge in [0.2, 0.25) is 0 Å². The number of aromatic nitrogens is 2. The lowest BCUT2D eigenvalue weighted by molar-refractivity contribution is -0.175. The first kappa shape index (κ1) is 24.5. The fourth-order valence-electron chi connectivity index (χ4n) is 9.70. The molecular formula is C30H41FN2O3. The molecule has 1 N–H and O–H groups in total. The number of benzene rings is 1. The molecule has 2 aromatic rings. The van der Waals surface area contributed by atoms with Crippen molar-refractivity contribution >= 4 is 16.7 Å². The van der Waals surface area contributed by atoms with Crippen LogP contribution in [0, 0.1) is 46.2 Å². The topological polar surface area (TPSA) is 64.3 Å². The molecule has 4 aliphatic rings. The summed E-state index contributed by atoms with van der Waals surface area (Å²) in [6, 6.07) is 4.60. The maximum Gasteiger partial charge on any atom is 0.157 e. The van der Waals surface area contributed by atoms with Crippen molar-refractivity contribution < 1.29 is 19.0 Å². The molecule has 0 aliphatic heterocycles. The third-order valence-electron chi connectivity index (χ3n) is 11.3. The summed E-state index contributed by atoms with van der Waals surface area (Å²) in [4.78, 5) is 13.7. The van der Waals surface area contributed by atoms with Crippen molar-refractivity contribution in [3.63, 3.8) is 0 Å². The number of rotatable bonds is 5. The van der Waals surface area contributed by atoms with Gasteiger partial charge in [0.25, 0.3) is 0 Å². The first-order valence-corrected chi connectivity index (χ1v) is 14.0. The molecule has 0 saturated heterocycles. The van der Waals surface area contributed by atoms with Gasteiger partial charge >= 0.3 is 0 Å². The normalized spacial score (nSPS) is 42.1. The number of methoxy groups -OCH3 is 1. The Bertz CT molecular complexity index is 1160. The second kappa shape index (κ2) is 8.62. The van der Waals surface area contributed by atoms with Gasteiger partial charge in [-0.25, -0.2) is 4.39 Å². The van der Waals surface area contributed by atoms with E-state index >= 15 is 0 Å². The van der Waals surface area contributed by atoms with E-state index in [9.17, 15) is 14.3 Å². The van der Waals surface area contributed by atoms with Crippen LogP contribution in [0.3, 0.4) is 0 Å². The zero-order valence-electron chi connectivity index (χ0n) is 22.0. The minimum absolute atomic E-state index is 0.0399. The zero-order valence-corrected chi connectivity index (χ0v) is 22.0. The summed E-state index contributed by atoms with van der Waals surface area (Å²) in [6.07, 6.45) is 11.4. The van der Waals surface area contributed by atoms with Gasteiger partial charge in [-0.2, -0.15) is 5.10 Å². The van der Waals surface area contributed by atoms with Gasteiger partial charge in [-0.1, -0.05) is 6.92 Å². The van der Waals surface area contributed by atoms with Crippen molar-refractivity contribution in [1.29, 1.82) is 0 Å². The highest BCUT2D eigenvalue weighted by Gasteiger charge is 2.63. The van der Waals surface area contributed by atoms with E-state index in [1.165, 1.54) is 25.0 Å². The predicted molar refractivity (Wildman–Crippen MR) is 137 cm³/mol. The first-order valence-electron chi connectivity index (χ1n) is 14.0. The smallest absolute Gasteiger partial charge is 0.157 e. The standard InChI is InChI=1S/C30H41FN2O3/c1-28(35)12-13-30(18-36-3)20(15-28)5-7-22-23-8-9-25(29(23,2)11-10-24(22)30)27(34)17-33-16-19-4-6-21(31)14-26(19)32-33/h4,6,14,16,20,22-25,35H,5,7-13,15,17-18H2,1-3H3/t20-,22-,23-,24-,25+,28+,29-,30+/m0/s1. The van der Waals surface area contributed by atoms with Crippen LogP contribution in [0.1, 0.15) is 71.6 Å². The zero-order chi connectivity index (χ0) is 25.3. The summed E-state index contributed by atoms with van der Waals surface area (Å²) in [5.41, 5.74) is 0.267. The molecule has 0 spiro atoms. The van der Waals surface area contributed by atoms with Crippen LogP contribution in [0.4, 0.5) is 4.39 Å². The second-order valence-corrected chi connectivity index (χ2v) is 13.2. The highest BCUT2D eigenvalue weighted by Crippen LogP contribution is 2.68. The predicted octanol–water partition coefficient (Wildman–Crippen LogP) is 5.78. The number of Topliss-reactive ketones (excluding diaryl/α,β-unsaturated/α-hetero) is 1. The van der Waals surface area contributed by atoms with Gasteiger partial charge < -0.3 is 9.84 Å². The Morgan fingerprint density at radius 3 is 2.78 bits per heavy atom. The minimum Gasteiger partial charge on any atom is -0.390 e. The van der Waals surface area contributed by atoms with Crippen LogP contribution in [0.25, 0.3) is 10.9 Å². The Labute approximate surface area is 213 Å². The van der Waals surface area contributed by atoms with Crippen molar-refractivity contribution in [1.82, 2.24) is 9.78 Å². The third-order valence-corrected chi connectivity index (χ3v) is 11.3. The number of halogens is 1. The van der Waals surface area contributed by atoms with Crippen LogP contribution in [-0.2, 0) is 16.1 Å². The minimum atomic E-state index is -0.550. The number of ether oxygens (including phenoxy) is 1. The number of carbonyl (C=O) groups excluding carboxylic acids is 1. The fraction of sp³-hybridized carbons (Fsp3) is 0.733. The largest absolute Gasteiger partial charge is 0.390 e. The van der Waals surface area contributed by atoms with Gasteiger partial charge in [-0.15, -0.1) is 0 Å². The molecule has 1 heterocycles. The van der Waals surface area contributed by atoms with Crippen LogP contribution >= 0.6 is 0 Å². The number of hydrogen-bond donors (Lipinski definition) is 1. The first-order chi connectivity index (χ1) is 17.1. The molecule has 4 fully saturated rings. The Morgan fingerprint density at radius 2 is 1.97 bits per heavy atom. The summed E-state index contributed by atoms with van der Waals surface area (Å²) >= 11 is 0. The van der Waals surface area contributed by atoms with Crippen molar-refractivity contribution in [3.8, 4) is 0 Å². The Kier molecular flexibility index (Phi) is 5.88.